The molecular formula is C5H7O6P. The van der Waals surface area contributed by atoms with Crippen LogP contribution >= 0.6 is 8.00 Å². The molecule has 3 N–H and O–H groups in total. The molecule has 0 saturated carbocycles. The molecule has 12 heavy (non-hydrogen) atoms. The van der Waals surface area contributed by atoms with Gasteiger partial charge in [-0.15, -0.1) is 0 Å². The molecule has 0 rings (SSSR count). The van der Waals surface area contributed by atoms with Gasteiger partial charge < -0.3 is 15.1 Å². The van der Waals surface area contributed by atoms with Gasteiger partial charge in [-0.25, -0.2) is 0 Å². The van der Waals surface area contributed by atoms with Crippen molar-refractivity contribution in [3.63, 3.8) is 0 Å². The zero-order valence-electron chi connectivity index (χ0n) is 5.88. The zero-order valence-corrected chi connectivity index (χ0v) is 6.77. The maximum Gasteiger partial charge on any atom is 0.314 e. The molecule has 0 aromatic rings. The Morgan fingerprint density at radius 1 is 1.50 bits per heavy atom. The lowest BCUT2D eigenvalue weighted by molar-refractivity contribution is -0.167. The molecule has 0 aromatic heterocycles. The monoisotopic (exact) mass is 194 g/mol. The Morgan fingerprint density at radius 3 is 2.25 bits per heavy atom. The summed E-state index contributed by atoms with van der Waals surface area (Å²) in [7, 11) is -2.72. The van der Waals surface area contributed by atoms with E-state index in [0.29, 0.717) is 5.80 Å². The number of carbonyl (C=O) groups is 2. The molecule has 0 amide bonds. The van der Waals surface area contributed by atoms with Crippen molar-refractivity contribution in [2.24, 2.45) is 5.92 Å². The van der Waals surface area contributed by atoms with Crippen LogP contribution in [0, 0.1) is 5.92 Å². The minimum absolute atomic E-state index is 0.589. The maximum atomic E-state index is 10.2. The Hall–Kier alpha value is -0.970. The first-order chi connectivity index (χ1) is 5.43. The van der Waals surface area contributed by atoms with Crippen molar-refractivity contribution in [3.05, 3.63) is 0 Å². The number of hydrogen-bond acceptors (Lipinski definition) is 4. The van der Waals surface area contributed by atoms with E-state index < -0.39 is 32.3 Å². The molecule has 0 heterocycles. The summed E-state index contributed by atoms with van der Waals surface area (Å²) in [6.45, 7) is 0. The van der Waals surface area contributed by atoms with E-state index in [1.807, 2.05) is 0 Å². The van der Waals surface area contributed by atoms with Gasteiger partial charge in [0.1, 0.15) is 11.7 Å². The number of aliphatic carboxylic acids is 2. The lowest BCUT2D eigenvalue weighted by Crippen LogP contribution is -2.19. The SMILES string of the molecule is O=C(O)CC(/C=[P+](\[O-])O)C(=O)O. The normalized spacial score (nSPS) is 14.0. The van der Waals surface area contributed by atoms with Gasteiger partial charge in [-0.1, -0.05) is 0 Å². The largest absolute Gasteiger partial charge is 0.603 e. The smallest absolute Gasteiger partial charge is 0.314 e. The van der Waals surface area contributed by atoms with Crippen LogP contribution in [0.2, 0.25) is 0 Å². The molecule has 0 aliphatic carbocycles. The first-order valence-electron chi connectivity index (χ1n) is 2.88. The summed E-state index contributed by atoms with van der Waals surface area (Å²) in [6, 6.07) is 0. The van der Waals surface area contributed by atoms with Gasteiger partial charge in [-0.3, -0.25) is 9.59 Å². The van der Waals surface area contributed by atoms with E-state index in [2.05, 4.69) is 0 Å². The highest BCUT2D eigenvalue weighted by molar-refractivity contribution is 7.43. The third-order valence-electron chi connectivity index (χ3n) is 1.02. The van der Waals surface area contributed by atoms with E-state index in [1.165, 1.54) is 0 Å². The molecule has 2 unspecified atom stereocenters. The first kappa shape index (κ1) is 11.0. The van der Waals surface area contributed by atoms with Gasteiger partial charge in [0.15, 0.2) is 0 Å². The summed E-state index contributed by atoms with van der Waals surface area (Å²) >= 11 is 0. The molecule has 0 bridgehead atoms. The molecule has 0 aliphatic rings. The van der Waals surface area contributed by atoms with Crippen molar-refractivity contribution in [1.82, 2.24) is 0 Å². The molecule has 0 aliphatic heterocycles. The van der Waals surface area contributed by atoms with E-state index in [9.17, 15) is 14.5 Å². The summed E-state index contributed by atoms with van der Waals surface area (Å²) in [5, 5.41) is 16.5. The van der Waals surface area contributed by atoms with Gasteiger partial charge in [-0.05, 0) is 0 Å². The predicted molar refractivity (Wildman–Crippen MR) is 38.6 cm³/mol. The van der Waals surface area contributed by atoms with Crippen molar-refractivity contribution in [3.8, 4) is 0 Å². The van der Waals surface area contributed by atoms with Gasteiger partial charge in [0.25, 0.3) is 0 Å². The molecule has 0 spiro atoms. The van der Waals surface area contributed by atoms with Gasteiger partial charge in [0.05, 0.1) is 6.42 Å². The number of rotatable bonds is 4. The predicted octanol–water partition coefficient (Wildman–Crippen LogP) is -1.37. The molecule has 68 valence electrons. The van der Waals surface area contributed by atoms with Crippen LogP contribution in [0.3, 0.4) is 0 Å². The summed E-state index contributed by atoms with van der Waals surface area (Å²) in [6.07, 6.45) is -0.684. The van der Waals surface area contributed by atoms with Crippen LogP contribution < -0.4 is 4.89 Å². The molecule has 7 heteroatoms. The summed E-state index contributed by atoms with van der Waals surface area (Å²) < 4.78 is 0. The maximum absolute atomic E-state index is 10.2. The van der Waals surface area contributed by atoms with Crippen LogP contribution in [0.5, 0.6) is 0 Å². The fourth-order valence-corrected chi connectivity index (χ4v) is 1.09. The van der Waals surface area contributed by atoms with Crippen LogP contribution in [0.15, 0.2) is 0 Å². The van der Waals surface area contributed by atoms with E-state index in [4.69, 9.17) is 15.1 Å². The second kappa shape index (κ2) is 4.82. The van der Waals surface area contributed by atoms with E-state index in [1.54, 1.807) is 0 Å². The Kier molecular flexibility index (Phi) is 4.43. The molecule has 2 atom stereocenters. The van der Waals surface area contributed by atoms with E-state index in [0.717, 1.165) is 0 Å². The Balaban J connectivity index is 4.35. The number of carboxylic acid groups (broad SMARTS) is 2. The van der Waals surface area contributed by atoms with Gasteiger partial charge in [0.2, 0.25) is 8.00 Å². The van der Waals surface area contributed by atoms with Gasteiger partial charge in [-0.2, -0.15) is 4.89 Å². The van der Waals surface area contributed by atoms with Crippen LogP contribution in [0.1, 0.15) is 6.42 Å². The number of hydrogen-bond donors (Lipinski definition) is 3. The summed E-state index contributed by atoms with van der Waals surface area (Å²) in [5.74, 6) is -3.56. The van der Waals surface area contributed by atoms with Crippen molar-refractivity contribution in [2.45, 2.75) is 6.42 Å². The highest BCUT2D eigenvalue weighted by Crippen LogP contribution is 2.08. The fourth-order valence-electron chi connectivity index (χ4n) is 0.546. The molecule has 0 aromatic carbocycles. The topological polar surface area (TPSA) is 118 Å². The van der Waals surface area contributed by atoms with E-state index >= 15 is 0 Å². The van der Waals surface area contributed by atoms with Crippen molar-refractivity contribution < 1.29 is 29.6 Å². The van der Waals surface area contributed by atoms with Crippen molar-refractivity contribution >= 4 is 25.7 Å². The molecule has 6 nitrogen and oxygen atoms in total. The highest BCUT2D eigenvalue weighted by Gasteiger charge is 2.21. The average molecular weight is 194 g/mol. The fraction of sp³-hybridized carbons (Fsp3) is 0.400. The average Bonchev–Trinajstić information content (AvgIpc) is 1.83. The summed E-state index contributed by atoms with van der Waals surface area (Å²) in [5.41, 5.74) is 0. The third kappa shape index (κ3) is 4.79. The van der Waals surface area contributed by atoms with Crippen molar-refractivity contribution in [2.75, 3.05) is 0 Å². The minimum Gasteiger partial charge on any atom is -0.603 e. The lowest BCUT2D eigenvalue weighted by atomic mass is 10.1. The second-order valence-electron chi connectivity index (χ2n) is 1.99. The molecular weight excluding hydrogens is 187 g/mol. The molecule has 0 fully saturated rings. The quantitative estimate of drug-likeness (QED) is 0.475. The van der Waals surface area contributed by atoms with Crippen LogP contribution in [-0.4, -0.2) is 32.8 Å². The highest BCUT2D eigenvalue weighted by atomic mass is 31.1. The van der Waals surface area contributed by atoms with Crippen LogP contribution in [-0.2, 0) is 9.59 Å². The van der Waals surface area contributed by atoms with Gasteiger partial charge >= 0.3 is 11.9 Å². The Bertz CT molecular complexity index is 218. The van der Waals surface area contributed by atoms with Crippen LogP contribution in [0.25, 0.3) is 0 Å². The van der Waals surface area contributed by atoms with Crippen LogP contribution in [0.4, 0.5) is 0 Å². The summed E-state index contributed by atoms with van der Waals surface area (Å²) in [4.78, 5) is 38.7. The van der Waals surface area contributed by atoms with E-state index in [-0.39, 0.29) is 0 Å². The molecule has 0 radical (unpaired) electrons. The lowest BCUT2D eigenvalue weighted by Gasteiger charge is -1.99. The molecule has 0 saturated heterocycles. The van der Waals surface area contributed by atoms with Gasteiger partial charge in [0, 0.05) is 0 Å². The minimum atomic E-state index is -2.72. The Labute approximate surface area is 68.6 Å². The Morgan fingerprint density at radius 2 is 2.00 bits per heavy atom. The standard InChI is InChI=1S/C5H7O6P/c6-4(7)1-3(5(8)9)2-12(10)11/h2-3H,1H2,(H,6,7)(H,8,9)(H,10,11). The number of carboxylic acids is 2. The third-order valence-corrected chi connectivity index (χ3v) is 1.63. The first-order valence-corrected chi connectivity index (χ1v) is 4.16. The second-order valence-corrected chi connectivity index (χ2v) is 2.90. The zero-order chi connectivity index (χ0) is 9.72. The van der Waals surface area contributed by atoms with Crippen molar-refractivity contribution in [1.29, 1.82) is 0 Å².